The highest BCUT2D eigenvalue weighted by atomic mass is 28.3. The third kappa shape index (κ3) is 7.05. The highest BCUT2D eigenvalue weighted by Crippen LogP contribution is 2.30. The zero-order chi connectivity index (χ0) is 21.8. The van der Waals surface area contributed by atoms with Crippen molar-refractivity contribution in [2.75, 3.05) is 6.61 Å². The molecule has 1 fully saturated rings. The molecule has 1 aliphatic heterocycles. The number of benzene rings is 1. The Bertz CT molecular complexity index is 736. The van der Waals surface area contributed by atoms with Gasteiger partial charge in [0, 0.05) is 8.07 Å². The number of aryl methyl sites for hydroxylation is 3. The van der Waals surface area contributed by atoms with Gasteiger partial charge in [-0.2, -0.15) is 0 Å². The number of ether oxygens (including phenoxy) is 3. The van der Waals surface area contributed by atoms with Crippen molar-refractivity contribution in [2.45, 2.75) is 90.6 Å². The van der Waals surface area contributed by atoms with Gasteiger partial charge in [-0.05, 0) is 64.1 Å². The Morgan fingerprint density at radius 3 is 2.52 bits per heavy atom. The number of hydrogen-bond donors (Lipinski definition) is 0. The van der Waals surface area contributed by atoms with Crippen LogP contribution in [-0.4, -0.2) is 44.9 Å². The molecule has 29 heavy (non-hydrogen) atoms. The maximum atomic E-state index is 12.8. The SMILES string of the molecule is Cc1cc(C)c(C(=O)OCC[Si](C)(C)C)c(CCC[C@@H]2OC(C)(C)OC2C=O)c1. The van der Waals surface area contributed by atoms with Gasteiger partial charge in [0.1, 0.15) is 6.10 Å². The van der Waals surface area contributed by atoms with Gasteiger partial charge >= 0.3 is 5.97 Å². The van der Waals surface area contributed by atoms with Crippen LogP contribution in [-0.2, 0) is 25.4 Å². The Hall–Kier alpha value is -1.50. The van der Waals surface area contributed by atoms with Crippen molar-refractivity contribution in [3.8, 4) is 0 Å². The van der Waals surface area contributed by atoms with E-state index in [9.17, 15) is 9.59 Å². The summed E-state index contributed by atoms with van der Waals surface area (Å²) in [6.07, 6.45) is 2.26. The van der Waals surface area contributed by atoms with Gasteiger partial charge in [-0.15, -0.1) is 0 Å². The average Bonchev–Trinajstić information content (AvgIpc) is 2.87. The maximum Gasteiger partial charge on any atom is 0.338 e. The van der Waals surface area contributed by atoms with Crippen LogP contribution in [0.3, 0.4) is 0 Å². The summed E-state index contributed by atoms with van der Waals surface area (Å²) in [5.41, 5.74) is 3.76. The highest BCUT2D eigenvalue weighted by molar-refractivity contribution is 6.76. The molecular formula is C23H36O5Si. The minimum absolute atomic E-state index is 0.233. The van der Waals surface area contributed by atoms with E-state index in [-0.39, 0.29) is 12.1 Å². The van der Waals surface area contributed by atoms with Crippen LogP contribution < -0.4 is 0 Å². The molecule has 6 heteroatoms. The number of aldehydes is 1. The number of rotatable bonds is 9. The van der Waals surface area contributed by atoms with E-state index >= 15 is 0 Å². The number of hydrogen-bond acceptors (Lipinski definition) is 5. The van der Waals surface area contributed by atoms with E-state index in [1.807, 2.05) is 33.8 Å². The molecule has 1 aromatic rings. The molecule has 1 aliphatic rings. The van der Waals surface area contributed by atoms with Crippen molar-refractivity contribution >= 4 is 20.3 Å². The standard InChI is InChI=1S/C23H36O5Si/c1-16-13-17(2)21(22(25)26-11-12-29(5,6)7)18(14-16)9-8-10-19-20(15-24)28-23(3,4)27-19/h13-15,19-20H,8-12H2,1-7H3/t19-,20?/m0/s1. The predicted molar refractivity (Wildman–Crippen MR) is 117 cm³/mol. The first-order valence-corrected chi connectivity index (χ1v) is 14.2. The fourth-order valence-electron chi connectivity index (χ4n) is 3.76. The summed E-state index contributed by atoms with van der Waals surface area (Å²) >= 11 is 0. The van der Waals surface area contributed by atoms with E-state index in [0.717, 1.165) is 41.9 Å². The van der Waals surface area contributed by atoms with Crippen molar-refractivity contribution in [1.82, 2.24) is 0 Å². The zero-order valence-corrected chi connectivity index (χ0v) is 20.0. The molecule has 5 nitrogen and oxygen atoms in total. The summed E-state index contributed by atoms with van der Waals surface area (Å²) in [4.78, 5) is 24.1. The largest absolute Gasteiger partial charge is 0.462 e. The van der Waals surface area contributed by atoms with Crippen LogP contribution in [0.4, 0.5) is 0 Å². The topological polar surface area (TPSA) is 61.8 Å². The monoisotopic (exact) mass is 420 g/mol. The van der Waals surface area contributed by atoms with E-state index in [1.54, 1.807) is 0 Å². The van der Waals surface area contributed by atoms with Crippen LogP contribution >= 0.6 is 0 Å². The zero-order valence-electron chi connectivity index (χ0n) is 19.0. The van der Waals surface area contributed by atoms with Crippen LogP contribution in [0, 0.1) is 13.8 Å². The Morgan fingerprint density at radius 2 is 1.90 bits per heavy atom. The summed E-state index contributed by atoms with van der Waals surface area (Å²) in [5.74, 6) is -0.968. The van der Waals surface area contributed by atoms with Crippen LogP contribution in [0.2, 0.25) is 25.7 Å². The highest BCUT2D eigenvalue weighted by Gasteiger charge is 2.40. The number of esters is 1. The Morgan fingerprint density at radius 1 is 1.21 bits per heavy atom. The normalized spacial score (nSPS) is 21.2. The predicted octanol–water partition coefficient (Wildman–Crippen LogP) is 4.84. The van der Waals surface area contributed by atoms with Crippen molar-refractivity contribution in [3.05, 3.63) is 34.4 Å². The van der Waals surface area contributed by atoms with E-state index in [2.05, 4.69) is 25.7 Å². The maximum absolute atomic E-state index is 12.8. The minimum atomic E-state index is -1.25. The molecule has 2 rings (SSSR count). The van der Waals surface area contributed by atoms with Gasteiger partial charge in [0.15, 0.2) is 12.1 Å². The Kier molecular flexibility index (Phi) is 7.82. The fourth-order valence-corrected chi connectivity index (χ4v) is 4.48. The second-order valence-electron chi connectivity index (χ2n) is 9.73. The third-order valence-electron chi connectivity index (χ3n) is 5.14. The summed E-state index contributed by atoms with van der Waals surface area (Å²) in [5, 5.41) is 0. The first-order chi connectivity index (χ1) is 13.4. The average molecular weight is 421 g/mol. The first kappa shape index (κ1) is 23.8. The van der Waals surface area contributed by atoms with Gasteiger partial charge in [0.2, 0.25) is 0 Å². The molecule has 2 atom stereocenters. The molecule has 1 unspecified atom stereocenters. The molecular weight excluding hydrogens is 384 g/mol. The third-order valence-corrected chi connectivity index (χ3v) is 6.85. The van der Waals surface area contributed by atoms with Crippen LogP contribution in [0.1, 0.15) is 53.7 Å². The van der Waals surface area contributed by atoms with Gasteiger partial charge in [-0.25, -0.2) is 4.79 Å². The molecule has 1 heterocycles. The van der Waals surface area contributed by atoms with E-state index < -0.39 is 20.0 Å². The number of carbonyl (C=O) groups is 2. The lowest BCUT2D eigenvalue weighted by atomic mass is 9.94. The van der Waals surface area contributed by atoms with Gasteiger partial charge < -0.3 is 19.0 Å². The molecule has 1 saturated heterocycles. The molecule has 0 aliphatic carbocycles. The second kappa shape index (κ2) is 9.54. The number of carbonyl (C=O) groups excluding carboxylic acids is 2. The van der Waals surface area contributed by atoms with Crippen LogP contribution in [0.5, 0.6) is 0 Å². The van der Waals surface area contributed by atoms with Crippen molar-refractivity contribution in [1.29, 1.82) is 0 Å². The molecule has 0 amide bonds. The molecule has 0 aromatic heterocycles. The molecule has 1 aromatic carbocycles. The molecule has 162 valence electrons. The lowest BCUT2D eigenvalue weighted by Crippen LogP contribution is -2.24. The Balaban J connectivity index is 2.04. The minimum Gasteiger partial charge on any atom is -0.462 e. The van der Waals surface area contributed by atoms with Gasteiger partial charge in [-0.3, -0.25) is 0 Å². The first-order valence-electron chi connectivity index (χ1n) is 10.5. The van der Waals surface area contributed by atoms with Gasteiger partial charge in [-0.1, -0.05) is 37.3 Å². The summed E-state index contributed by atoms with van der Waals surface area (Å²) < 4.78 is 17.1. The fraction of sp³-hybridized carbons (Fsp3) is 0.652. The molecule has 0 radical (unpaired) electrons. The smallest absolute Gasteiger partial charge is 0.338 e. The molecule has 0 N–H and O–H groups in total. The van der Waals surface area contributed by atoms with E-state index in [1.165, 1.54) is 0 Å². The Labute approximate surface area is 176 Å². The molecule has 0 saturated carbocycles. The molecule has 0 spiro atoms. The summed E-state index contributed by atoms with van der Waals surface area (Å²) in [7, 11) is -1.25. The van der Waals surface area contributed by atoms with Gasteiger partial charge in [0.25, 0.3) is 0 Å². The van der Waals surface area contributed by atoms with E-state index in [4.69, 9.17) is 14.2 Å². The summed E-state index contributed by atoms with van der Waals surface area (Å²) in [6, 6.07) is 5.05. The lowest BCUT2D eigenvalue weighted by molar-refractivity contribution is -0.150. The van der Waals surface area contributed by atoms with Gasteiger partial charge in [0.05, 0.1) is 18.3 Å². The van der Waals surface area contributed by atoms with Crippen molar-refractivity contribution < 1.29 is 23.8 Å². The quantitative estimate of drug-likeness (QED) is 0.325. The van der Waals surface area contributed by atoms with E-state index in [0.29, 0.717) is 18.6 Å². The van der Waals surface area contributed by atoms with Crippen LogP contribution in [0.15, 0.2) is 12.1 Å². The van der Waals surface area contributed by atoms with Crippen LogP contribution in [0.25, 0.3) is 0 Å². The lowest BCUT2D eigenvalue weighted by Gasteiger charge is -2.18. The second-order valence-corrected chi connectivity index (χ2v) is 15.4. The van der Waals surface area contributed by atoms with Crippen molar-refractivity contribution in [2.24, 2.45) is 0 Å². The molecule has 0 bridgehead atoms. The van der Waals surface area contributed by atoms with Crippen molar-refractivity contribution in [3.63, 3.8) is 0 Å². The summed E-state index contributed by atoms with van der Waals surface area (Å²) in [6.45, 7) is 14.9.